The van der Waals surface area contributed by atoms with Crippen molar-refractivity contribution in [1.29, 1.82) is 0 Å². The molecule has 2 atom stereocenters. The van der Waals surface area contributed by atoms with Crippen LogP contribution >= 0.6 is 0 Å². The van der Waals surface area contributed by atoms with Gasteiger partial charge in [0.15, 0.2) is 0 Å². The standard InChI is InChI=1S/C31H38N4O7S/c1-6-23(3)32-31(37)24(4)33(19-18-25-10-8-7-9-11-25)30(36)21-34(26-13-15-27(42-5)16-14-26)43(40,41)28-17-12-22(2)29(20-28)35(38)39/h7-17,20,23-24H,6,18-19,21H2,1-5H3,(H,32,37)/t23-,24-/m1/s1. The Hall–Kier alpha value is -4.45. The summed E-state index contributed by atoms with van der Waals surface area (Å²) in [5.41, 5.74) is 1.03. The molecule has 1 N–H and O–H groups in total. The lowest BCUT2D eigenvalue weighted by Crippen LogP contribution is -2.53. The highest BCUT2D eigenvalue weighted by Crippen LogP contribution is 2.29. The molecule has 0 aliphatic heterocycles. The highest BCUT2D eigenvalue weighted by Gasteiger charge is 2.33. The number of anilines is 1. The molecule has 0 saturated heterocycles. The maximum atomic E-state index is 14.0. The zero-order valence-electron chi connectivity index (χ0n) is 25.0. The number of aryl methyl sites for hydroxylation is 1. The summed E-state index contributed by atoms with van der Waals surface area (Å²) in [5.74, 6) is -0.495. The number of carbonyl (C=O) groups is 2. The Labute approximate surface area is 252 Å². The number of rotatable bonds is 14. The lowest BCUT2D eigenvalue weighted by molar-refractivity contribution is -0.385. The summed E-state index contributed by atoms with van der Waals surface area (Å²) in [4.78, 5) is 39.1. The third-order valence-corrected chi connectivity index (χ3v) is 9.03. The number of amides is 2. The second kappa shape index (κ2) is 14.6. The number of nitrogens with one attached hydrogen (secondary N) is 1. The maximum Gasteiger partial charge on any atom is 0.273 e. The Morgan fingerprint density at radius 2 is 1.67 bits per heavy atom. The molecule has 0 unspecified atom stereocenters. The summed E-state index contributed by atoms with van der Waals surface area (Å²) in [6.07, 6.45) is 1.13. The van der Waals surface area contributed by atoms with E-state index in [0.29, 0.717) is 24.2 Å². The summed E-state index contributed by atoms with van der Waals surface area (Å²) in [6.45, 7) is 6.42. The highest BCUT2D eigenvalue weighted by molar-refractivity contribution is 7.92. The molecule has 11 nitrogen and oxygen atoms in total. The molecule has 3 rings (SSSR count). The third-order valence-electron chi connectivity index (χ3n) is 7.26. The predicted octanol–water partition coefficient (Wildman–Crippen LogP) is 4.48. The van der Waals surface area contributed by atoms with Crippen LogP contribution in [0, 0.1) is 17.0 Å². The first-order valence-corrected chi connectivity index (χ1v) is 15.4. The van der Waals surface area contributed by atoms with Crippen molar-refractivity contribution in [1.82, 2.24) is 10.2 Å². The van der Waals surface area contributed by atoms with Crippen LogP contribution < -0.4 is 14.4 Å². The number of ether oxygens (including phenoxy) is 1. The number of carbonyl (C=O) groups excluding carboxylic acids is 2. The molecule has 0 heterocycles. The molecule has 0 saturated carbocycles. The zero-order chi connectivity index (χ0) is 31.7. The fourth-order valence-electron chi connectivity index (χ4n) is 4.39. The first kappa shape index (κ1) is 33.1. The van der Waals surface area contributed by atoms with Gasteiger partial charge in [-0.2, -0.15) is 0 Å². The van der Waals surface area contributed by atoms with E-state index in [-0.39, 0.29) is 34.8 Å². The molecule has 0 spiro atoms. The van der Waals surface area contributed by atoms with Crippen molar-refractivity contribution in [3.05, 3.63) is 94.0 Å². The number of hydrogen-bond acceptors (Lipinski definition) is 7. The van der Waals surface area contributed by atoms with E-state index in [4.69, 9.17) is 4.74 Å². The van der Waals surface area contributed by atoms with Crippen LogP contribution in [0.25, 0.3) is 0 Å². The van der Waals surface area contributed by atoms with Crippen LogP contribution in [-0.4, -0.2) is 62.3 Å². The van der Waals surface area contributed by atoms with Gasteiger partial charge in [-0.1, -0.05) is 43.3 Å². The van der Waals surface area contributed by atoms with Gasteiger partial charge in [0, 0.05) is 24.2 Å². The van der Waals surface area contributed by atoms with E-state index in [9.17, 15) is 28.1 Å². The number of nitro groups is 1. The number of sulfonamides is 1. The molecule has 0 aliphatic rings. The molecule has 0 aromatic heterocycles. The molecule has 0 fully saturated rings. The van der Waals surface area contributed by atoms with Crippen LogP contribution in [0.15, 0.2) is 77.7 Å². The topological polar surface area (TPSA) is 139 Å². The molecule has 0 radical (unpaired) electrons. The van der Waals surface area contributed by atoms with Crippen molar-refractivity contribution in [2.45, 2.75) is 57.5 Å². The van der Waals surface area contributed by atoms with Crippen LogP contribution in [0.4, 0.5) is 11.4 Å². The van der Waals surface area contributed by atoms with Gasteiger partial charge >= 0.3 is 0 Å². The predicted molar refractivity (Wildman–Crippen MR) is 165 cm³/mol. The van der Waals surface area contributed by atoms with Gasteiger partial charge in [-0.3, -0.25) is 24.0 Å². The van der Waals surface area contributed by atoms with Gasteiger partial charge in [0.1, 0.15) is 18.3 Å². The van der Waals surface area contributed by atoms with Crippen molar-refractivity contribution in [3.8, 4) is 5.75 Å². The van der Waals surface area contributed by atoms with Crippen LogP contribution in [-0.2, 0) is 26.0 Å². The van der Waals surface area contributed by atoms with E-state index < -0.39 is 33.4 Å². The van der Waals surface area contributed by atoms with E-state index in [1.807, 2.05) is 44.2 Å². The first-order valence-electron chi connectivity index (χ1n) is 13.9. The van der Waals surface area contributed by atoms with Gasteiger partial charge in [0.25, 0.3) is 15.7 Å². The Bertz CT molecular complexity index is 1530. The lowest BCUT2D eigenvalue weighted by Gasteiger charge is -2.32. The van der Waals surface area contributed by atoms with E-state index >= 15 is 0 Å². The largest absolute Gasteiger partial charge is 0.497 e. The number of hydrogen-bond donors (Lipinski definition) is 1. The smallest absolute Gasteiger partial charge is 0.273 e. The zero-order valence-corrected chi connectivity index (χ0v) is 25.8. The normalized spacial score (nSPS) is 12.6. The average Bonchev–Trinajstić information content (AvgIpc) is 3.00. The Balaban J connectivity index is 2.04. The number of nitro benzene ring substituents is 1. The molecular formula is C31H38N4O7S. The van der Waals surface area contributed by atoms with Gasteiger partial charge in [0.2, 0.25) is 11.8 Å². The summed E-state index contributed by atoms with van der Waals surface area (Å²) in [7, 11) is -3.00. The number of nitrogens with zero attached hydrogens (tertiary/aromatic N) is 3. The van der Waals surface area contributed by atoms with Gasteiger partial charge in [-0.05, 0) is 69.5 Å². The SMILES string of the molecule is CC[C@@H](C)NC(=O)[C@@H](C)N(CCc1ccccc1)C(=O)CN(c1ccc(OC)cc1)S(=O)(=O)c1ccc(C)c([N+](=O)[O-])c1. The van der Waals surface area contributed by atoms with Crippen LogP contribution in [0.3, 0.4) is 0 Å². The molecule has 12 heteroatoms. The van der Waals surface area contributed by atoms with Crippen LogP contribution in [0.2, 0.25) is 0 Å². The number of benzene rings is 3. The second-order valence-electron chi connectivity index (χ2n) is 10.2. The molecule has 2 amide bonds. The molecule has 43 heavy (non-hydrogen) atoms. The minimum Gasteiger partial charge on any atom is -0.497 e. The second-order valence-corrected chi connectivity index (χ2v) is 12.1. The van der Waals surface area contributed by atoms with Crippen molar-refractivity contribution < 1.29 is 27.7 Å². The fourth-order valence-corrected chi connectivity index (χ4v) is 5.82. The summed E-state index contributed by atoms with van der Waals surface area (Å²) in [5, 5.41) is 14.5. The molecule has 230 valence electrons. The van der Waals surface area contributed by atoms with Crippen molar-refractivity contribution in [3.63, 3.8) is 0 Å². The monoisotopic (exact) mass is 610 g/mol. The van der Waals surface area contributed by atoms with Crippen LogP contribution in [0.1, 0.15) is 38.3 Å². The van der Waals surface area contributed by atoms with E-state index in [0.717, 1.165) is 15.9 Å². The van der Waals surface area contributed by atoms with Gasteiger partial charge in [-0.15, -0.1) is 0 Å². The summed E-state index contributed by atoms with van der Waals surface area (Å²) in [6, 6.07) is 18.1. The van der Waals surface area contributed by atoms with Crippen molar-refractivity contribution in [2.75, 3.05) is 24.5 Å². The quantitative estimate of drug-likeness (QED) is 0.210. The number of methoxy groups -OCH3 is 1. The van der Waals surface area contributed by atoms with Gasteiger partial charge in [0.05, 0.1) is 22.6 Å². The first-order chi connectivity index (χ1) is 20.4. The van der Waals surface area contributed by atoms with E-state index in [1.165, 1.54) is 43.2 Å². The third kappa shape index (κ3) is 8.31. The van der Waals surface area contributed by atoms with Crippen molar-refractivity contribution in [2.24, 2.45) is 0 Å². The van der Waals surface area contributed by atoms with E-state index in [2.05, 4.69) is 5.32 Å². The van der Waals surface area contributed by atoms with Gasteiger partial charge < -0.3 is 15.0 Å². The Kier molecular flexibility index (Phi) is 11.2. The fraction of sp³-hybridized carbons (Fsp3) is 0.355. The van der Waals surface area contributed by atoms with Gasteiger partial charge in [-0.25, -0.2) is 8.42 Å². The Morgan fingerprint density at radius 3 is 2.26 bits per heavy atom. The minimum atomic E-state index is -4.47. The summed E-state index contributed by atoms with van der Waals surface area (Å²) >= 11 is 0. The van der Waals surface area contributed by atoms with Crippen molar-refractivity contribution >= 4 is 33.2 Å². The Morgan fingerprint density at radius 1 is 1.02 bits per heavy atom. The molecule has 0 bridgehead atoms. The van der Waals surface area contributed by atoms with E-state index in [1.54, 1.807) is 19.1 Å². The lowest BCUT2D eigenvalue weighted by atomic mass is 10.1. The molecule has 0 aliphatic carbocycles. The molecule has 3 aromatic carbocycles. The summed E-state index contributed by atoms with van der Waals surface area (Å²) < 4.78 is 34.1. The van der Waals surface area contributed by atoms with Crippen LogP contribution in [0.5, 0.6) is 5.75 Å². The maximum absolute atomic E-state index is 14.0. The molecular weight excluding hydrogens is 572 g/mol. The molecule has 3 aromatic rings. The minimum absolute atomic E-state index is 0.116. The highest BCUT2D eigenvalue weighted by atomic mass is 32.2. The average molecular weight is 611 g/mol.